The SMILES string of the molecule is COc1ccc(Cn2nccc2NC(=O)CC2CC3CCC2C3)cc1. The van der Waals surface area contributed by atoms with Gasteiger partial charge in [-0.15, -0.1) is 0 Å². The van der Waals surface area contributed by atoms with E-state index in [1.807, 2.05) is 35.0 Å². The summed E-state index contributed by atoms with van der Waals surface area (Å²) in [6.07, 6.45) is 7.65. The highest BCUT2D eigenvalue weighted by molar-refractivity contribution is 5.90. The zero-order chi connectivity index (χ0) is 17.2. The fourth-order valence-corrected chi connectivity index (χ4v) is 4.53. The van der Waals surface area contributed by atoms with Crippen LogP contribution in [0.15, 0.2) is 36.5 Å². The van der Waals surface area contributed by atoms with Gasteiger partial charge in [0.1, 0.15) is 11.6 Å². The van der Waals surface area contributed by atoms with Crippen molar-refractivity contribution in [1.29, 1.82) is 0 Å². The Morgan fingerprint density at radius 1 is 1.24 bits per heavy atom. The van der Waals surface area contributed by atoms with Crippen molar-refractivity contribution >= 4 is 11.7 Å². The molecule has 0 aliphatic heterocycles. The number of amides is 1. The van der Waals surface area contributed by atoms with Crippen LogP contribution >= 0.6 is 0 Å². The molecule has 132 valence electrons. The number of hydrogen-bond donors (Lipinski definition) is 1. The second-order valence-electron chi connectivity index (χ2n) is 7.41. The number of carbonyl (C=O) groups excluding carboxylic acids is 1. The van der Waals surface area contributed by atoms with Crippen molar-refractivity contribution in [1.82, 2.24) is 9.78 Å². The third kappa shape index (κ3) is 3.55. The lowest BCUT2D eigenvalue weighted by atomic mass is 9.86. The van der Waals surface area contributed by atoms with Crippen LogP contribution in [0.25, 0.3) is 0 Å². The molecule has 2 aromatic rings. The lowest BCUT2D eigenvalue weighted by molar-refractivity contribution is -0.117. The number of anilines is 1. The molecule has 3 unspecified atom stereocenters. The van der Waals surface area contributed by atoms with Gasteiger partial charge in [-0.3, -0.25) is 4.79 Å². The second-order valence-corrected chi connectivity index (χ2v) is 7.41. The van der Waals surface area contributed by atoms with Crippen LogP contribution in [0.2, 0.25) is 0 Å². The van der Waals surface area contributed by atoms with Crippen molar-refractivity contribution in [3.05, 3.63) is 42.1 Å². The van der Waals surface area contributed by atoms with Gasteiger partial charge in [0, 0.05) is 12.5 Å². The zero-order valence-corrected chi connectivity index (χ0v) is 14.6. The first-order chi connectivity index (χ1) is 12.2. The van der Waals surface area contributed by atoms with E-state index in [0.29, 0.717) is 18.9 Å². The number of aromatic nitrogens is 2. The first-order valence-corrected chi connectivity index (χ1v) is 9.16. The van der Waals surface area contributed by atoms with Gasteiger partial charge in [0.15, 0.2) is 0 Å². The Balaban J connectivity index is 1.36. The van der Waals surface area contributed by atoms with Crippen molar-refractivity contribution in [3.8, 4) is 5.75 Å². The molecule has 5 nitrogen and oxygen atoms in total. The maximum atomic E-state index is 12.5. The number of hydrogen-bond acceptors (Lipinski definition) is 3. The summed E-state index contributed by atoms with van der Waals surface area (Å²) in [5.41, 5.74) is 1.12. The molecule has 2 saturated carbocycles. The smallest absolute Gasteiger partial charge is 0.225 e. The topological polar surface area (TPSA) is 56.1 Å². The minimum Gasteiger partial charge on any atom is -0.497 e. The van der Waals surface area contributed by atoms with E-state index in [9.17, 15) is 4.79 Å². The van der Waals surface area contributed by atoms with Crippen molar-refractivity contribution in [3.63, 3.8) is 0 Å². The highest BCUT2D eigenvalue weighted by Gasteiger charge is 2.40. The first-order valence-electron chi connectivity index (χ1n) is 9.16. The minimum atomic E-state index is 0.119. The second kappa shape index (κ2) is 6.90. The third-order valence-corrected chi connectivity index (χ3v) is 5.81. The maximum absolute atomic E-state index is 12.5. The Kier molecular flexibility index (Phi) is 4.47. The van der Waals surface area contributed by atoms with Gasteiger partial charge in [0.25, 0.3) is 0 Å². The largest absolute Gasteiger partial charge is 0.497 e. The molecule has 2 aliphatic carbocycles. The van der Waals surface area contributed by atoms with E-state index in [1.54, 1.807) is 13.3 Å². The number of methoxy groups -OCH3 is 1. The van der Waals surface area contributed by atoms with Crippen LogP contribution in [-0.2, 0) is 11.3 Å². The van der Waals surface area contributed by atoms with E-state index < -0.39 is 0 Å². The summed E-state index contributed by atoms with van der Waals surface area (Å²) in [6.45, 7) is 0.626. The van der Waals surface area contributed by atoms with Crippen molar-refractivity contribution in [2.24, 2.45) is 17.8 Å². The van der Waals surface area contributed by atoms with Gasteiger partial charge in [-0.05, 0) is 54.7 Å². The molecule has 25 heavy (non-hydrogen) atoms. The highest BCUT2D eigenvalue weighted by atomic mass is 16.5. The summed E-state index contributed by atoms with van der Waals surface area (Å²) in [5, 5.41) is 7.40. The molecule has 1 aromatic carbocycles. The average molecular weight is 339 g/mol. The predicted octanol–water partition coefficient (Wildman–Crippen LogP) is 3.70. The molecule has 2 aliphatic rings. The standard InChI is InChI=1S/C20H25N3O2/c1-25-18-6-3-14(4-7-18)13-23-19(8-9-21-23)22-20(24)12-17-11-15-2-5-16(17)10-15/h3-4,6-9,15-17H,2,5,10-13H2,1H3,(H,22,24). The number of rotatable bonds is 6. The van der Waals surface area contributed by atoms with Crippen molar-refractivity contribution in [2.45, 2.75) is 38.6 Å². The molecule has 2 bridgehead atoms. The number of benzene rings is 1. The van der Waals surface area contributed by atoms with E-state index in [-0.39, 0.29) is 5.91 Å². The third-order valence-electron chi connectivity index (χ3n) is 5.81. The lowest BCUT2D eigenvalue weighted by Crippen LogP contribution is -2.22. The summed E-state index contributed by atoms with van der Waals surface area (Å²) >= 11 is 0. The fraction of sp³-hybridized carbons (Fsp3) is 0.500. The Morgan fingerprint density at radius 2 is 2.08 bits per heavy atom. The molecule has 3 atom stereocenters. The Hall–Kier alpha value is -2.30. The number of ether oxygens (including phenoxy) is 1. The highest BCUT2D eigenvalue weighted by Crippen LogP contribution is 2.49. The molecule has 1 amide bonds. The molecular weight excluding hydrogens is 314 g/mol. The van der Waals surface area contributed by atoms with E-state index in [4.69, 9.17) is 4.74 Å². The van der Waals surface area contributed by atoms with Gasteiger partial charge >= 0.3 is 0 Å². The van der Waals surface area contributed by atoms with Crippen LogP contribution in [0.3, 0.4) is 0 Å². The maximum Gasteiger partial charge on any atom is 0.225 e. The monoisotopic (exact) mass is 339 g/mol. The first kappa shape index (κ1) is 16.2. The van der Waals surface area contributed by atoms with E-state index in [2.05, 4.69) is 10.4 Å². The molecule has 0 radical (unpaired) electrons. The van der Waals surface area contributed by atoms with Crippen LogP contribution in [0.4, 0.5) is 5.82 Å². The van der Waals surface area contributed by atoms with Gasteiger partial charge in [0.05, 0.1) is 19.9 Å². The quantitative estimate of drug-likeness (QED) is 0.873. The van der Waals surface area contributed by atoms with Crippen LogP contribution in [0, 0.1) is 17.8 Å². The number of nitrogens with one attached hydrogen (secondary N) is 1. The van der Waals surface area contributed by atoms with Crippen molar-refractivity contribution in [2.75, 3.05) is 12.4 Å². The molecule has 2 fully saturated rings. The molecule has 5 heteroatoms. The predicted molar refractivity (Wildman–Crippen MR) is 96.5 cm³/mol. The van der Waals surface area contributed by atoms with E-state index >= 15 is 0 Å². The lowest BCUT2D eigenvalue weighted by Gasteiger charge is -2.21. The molecular formula is C20H25N3O2. The molecule has 1 heterocycles. The average Bonchev–Trinajstić information content (AvgIpc) is 3.33. The minimum absolute atomic E-state index is 0.119. The Labute approximate surface area is 148 Å². The summed E-state index contributed by atoms with van der Waals surface area (Å²) < 4.78 is 7.02. The zero-order valence-electron chi connectivity index (χ0n) is 14.6. The Morgan fingerprint density at radius 3 is 2.76 bits per heavy atom. The van der Waals surface area contributed by atoms with Crippen LogP contribution < -0.4 is 10.1 Å². The summed E-state index contributed by atoms with van der Waals surface area (Å²) in [7, 11) is 1.66. The van der Waals surface area contributed by atoms with Crippen LogP contribution in [0.1, 0.15) is 37.7 Å². The number of carbonyl (C=O) groups is 1. The van der Waals surface area contributed by atoms with Gasteiger partial charge in [-0.25, -0.2) is 4.68 Å². The number of nitrogens with zero attached hydrogens (tertiary/aromatic N) is 2. The molecule has 1 N–H and O–H groups in total. The molecule has 1 aromatic heterocycles. The van der Waals surface area contributed by atoms with Gasteiger partial charge in [-0.1, -0.05) is 18.6 Å². The fourth-order valence-electron chi connectivity index (χ4n) is 4.53. The van der Waals surface area contributed by atoms with Gasteiger partial charge in [0.2, 0.25) is 5.91 Å². The summed E-state index contributed by atoms with van der Waals surface area (Å²) in [6, 6.07) is 9.77. The van der Waals surface area contributed by atoms with Gasteiger partial charge in [-0.2, -0.15) is 5.10 Å². The van der Waals surface area contributed by atoms with E-state index in [0.717, 1.165) is 29.0 Å². The molecule has 0 spiro atoms. The number of fused-ring (bicyclic) bond motifs is 2. The van der Waals surface area contributed by atoms with Crippen molar-refractivity contribution < 1.29 is 9.53 Å². The summed E-state index contributed by atoms with van der Waals surface area (Å²) in [4.78, 5) is 12.5. The normalized spacial score (nSPS) is 24.4. The van der Waals surface area contributed by atoms with Crippen LogP contribution in [-0.4, -0.2) is 22.8 Å². The summed E-state index contributed by atoms with van der Waals surface area (Å²) in [5.74, 6) is 3.96. The molecule has 0 saturated heterocycles. The van der Waals surface area contributed by atoms with Crippen LogP contribution in [0.5, 0.6) is 5.75 Å². The van der Waals surface area contributed by atoms with E-state index in [1.165, 1.54) is 25.7 Å². The Bertz CT molecular complexity index is 738. The van der Waals surface area contributed by atoms with Gasteiger partial charge < -0.3 is 10.1 Å². The molecule has 4 rings (SSSR count).